The topological polar surface area (TPSA) is 33.7 Å². The standard InChI is InChI=1S/C17H26N2O2/c1-12-6-7-19(9-13(12)2)10-15(18-3)14-4-5-16-17(8-14)21-11-20-16/h4-5,8,12-13,15,18H,6-7,9-11H2,1-3H3. The van der Waals surface area contributed by atoms with Crippen molar-refractivity contribution in [2.24, 2.45) is 11.8 Å². The lowest BCUT2D eigenvalue weighted by molar-refractivity contribution is 0.128. The van der Waals surface area contributed by atoms with Crippen molar-refractivity contribution in [1.82, 2.24) is 10.2 Å². The molecule has 116 valence electrons. The van der Waals surface area contributed by atoms with Crippen LogP contribution in [0.15, 0.2) is 18.2 Å². The van der Waals surface area contributed by atoms with Crippen molar-refractivity contribution in [1.29, 1.82) is 0 Å². The SMILES string of the molecule is CNC(CN1CCC(C)C(C)C1)c1ccc2c(c1)OCO2. The molecule has 1 saturated heterocycles. The van der Waals surface area contributed by atoms with E-state index in [4.69, 9.17) is 9.47 Å². The zero-order valence-corrected chi connectivity index (χ0v) is 13.3. The highest BCUT2D eigenvalue weighted by Gasteiger charge is 2.25. The molecule has 0 radical (unpaired) electrons. The highest BCUT2D eigenvalue weighted by molar-refractivity contribution is 5.45. The van der Waals surface area contributed by atoms with E-state index in [0.717, 1.165) is 29.9 Å². The van der Waals surface area contributed by atoms with Gasteiger partial charge in [0, 0.05) is 19.1 Å². The van der Waals surface area contributed by atoms with E-state index in [9.17, 15) is 0 Å². The zero-order valence-electron chi connectivity index (χ0n) is 13.3. The fourth-order valence-electron chi connectivity index (χ4n) is 3.27. The number of ether oxygens (including phenoxy) is 2. The quantitative estimate of drug-likeness (QED) is 0.924. The molecule has 1 fully saturated rings. The third-order valence-electron chi connectivity index (χ3n) is 5.01. The Hall–Kier alpha value is -1.26. The van der Waals surface area contributed by atoms with Crippen molar-refractivity contribution < 1.29 is 9.47 Å². The Morgan fingerprint density at radius 1 is 1.24 bits per heavy atom. The summed E-state index contributed by atoms with van der Waals surface area (Å²) in [6.07, 6.45) is 1.30. The van der Waals surface area contributed by atoms with Gasteiger partial charge in [0.25, 0.3) is 0 Å². The first-order chi connectivity index (χ1) is 10.2. The molecule has 2 aliphatic rings. The molecule has 3 unspecified atom stereocenters. The van der Waals surface area contributed by atoms with Crippen LogP contribution in [0, 0.1) is 11.8 Å². The van der Waals surface area contributed by atoms with Gasteiger partial charge in [0.05, 0.1) is 0 Å². The molecule has 4 heteroatoms. The molecule has 0 saturated carbocycles. The number of likely N-dealkylation sites (N-methyl/N-ethyl adjacent to an activating group) is 1. The molecule has 21 heavy (non-hydrogen) atoms. The molecule has 3 atom stereocenters. The molecule has 0 bridgehead atoms. The Labute approximate surface area is 127 Å². The summed E-state index contributed by atoms with van der Waals surface area (Å²) in [6.45, 7) is 8.52. The van der Waals surface area contributed by atoms with E-state index in [1.54, 1.807) is 0 Å². The van der Waals surface area contributed by atoms with E-state index in [1.807, 2.05) is 13.1 Å². The minimum absolute atomic E-state index is 0.333. The van der Waals surface area contributed by atoms with E-state index < -0.39 is 0 Å². The van der Waals surface area contributed by atoms with Crippen LogP contribution in [0.4, 0.5) is 0 Å². The van der Waals surface area contributed by atoms with E-state index in [2.05, 4.69) is 36.2 Å². The van der Waals surface area contributed by atoms with Gasteiger partial charge < -0.3 is 19.7 Å². The van der Waals surface area contributed by atoms with Crippen molar-refractivity contribution in [3.63, 3.8) is 0 Å². The largest absolute Gasteiger partial charge is 0.454 e. The Bertz CT molecular complexity index is 492. The van der Waals surface area contributed by atoms with Crippen molar-refractivity contribution in [2.45, 2.75) is 26.3 Å². The average Bonchev–Trinajstić information content (AvgIpc) is 2.95. The van der Waals surface area contributed by atoms with Gasteiger partial charge in [-0.1, -0.05) is 19.9 Å². The maximum absolute atomic E-state index is 5.49. The van der Waals surface area contributed by atoms with E-state index in [-0.39, 0.29) is 0 Å². The fourth-order valence-corrected chi connectivity index (χ4v) is 3.27. The smallest absolute Gasteiger partial charge is 0.231 e. The number of rotatable bonds is 4. The Kier molecular flexibility index (Phi) is 4.36. The van der Waals surface area contributed by atoms with Crippen LogP contribution in [0.2, 0.25) is 0 Å². The first-order valence-corrected chi connectivity index (χ1v) is 7.96. The van der Waals surface area contributed by atoms with Gasteiger partial charge in [0.2, 0.25) is 6.79 Å². The highest BCUT2D eigenvalue weighted by Crippen LogP contribution is 2.34. The zero-order chi connectivity index (χ0) is 14.8. The predicted molar refractivity (Wildman–Crippen MR) is 83.8 cm³/mol. The van der Waals surface area contributed by atoms with Crippen LogP contribution < -0.4 is 14.8 Å². The summed E-state index contributed by atoms with van der Waals surface area (Å²) in [7, 11) is 2.03. The Morgan fingerprint density at radius 2 is 2.05 bits per heavy atom. The number of hydrogen-bond donors (Lipinski definition) is 1. The summed E-state index contributed by atoms with van der Waals surface area (Å²) >= 11 is 0. The summed E-state index contributed by atoms with van der Waals surface area (Å²) in [5.74, 6) is 3.36. The van der Waals surface area contributed by atoms with Gasteiger partial charge in [0.1, 0.15) is 0 Å². The first kappa shape index (κ1) is 14.7. The normalized spacial score (nSPS) is 26.8. The Morgan fingerprint density at radius 3 is 2.81 bits per heavy atom. The molecule has 0 aliphatic carbocycles. The van der Waals surface area contributed by atoms with Gasteiger partial charge >= 0.3 is 0 Å². The summed E-state index contributed by atoms with van der Waals surface area (Å²) in [4.78, 5) is 2.58. The van der Waals surface area contributed by atoms with Crippen LogP contribution >= 0.6 is 0 Å². The lowest BCUT2D eigenvalue weighted by Crippen LogP contribution is -2.42. The summed E-state index contributed by atoms with van der Waals surface area (Å²) in [5.41, 5.74) is 1.27. The molecule has 1 N–H and O–H groups in total. The van der Waals surface area contributed by atoms with E-state index >= 15 is 0 Å². The number of likely N-dealkylation sites (tertiary alicyclic amines) is 1. The second-order valence-corrected chi connectivity index (χ2v) is 6.46. The molecular weight excluding hydrogens is 264 g/mol. The van der Waals surface area contributed by atoms with Gasteiger partial charge in [-0.25, -0.2) is 0 Å². The second kappa shape index (κ2) is 6.24. The van der Waals surface area contributed by atoms with Crippen LogP contribution in [0.1, 0.15) is 31.9 Å². The van der Waals surface area contributed by atoms with E-state index in [1.165, 1.54) is 25.1 Å². The summed E-state index contributed by atoms with van der Waals surface area (Å²) in [5, 5.41) is 3.44. The van der Waals surface area contributed by atoms with Crippen LogP contribution in [-0.4, -0.2) is 38.4 Å². The van der Waals surface area contributed by atoms with Crippen LogP contribution in [0.25, 0.3) is 0 Å². The van der Waals surface area contributed by atoms with Crippen LogP contribution in [0.3, 0.4) is 0 Å². The number of piperidine rings is 1. The van der Waals surface area contributed by atoms with Crippen molar-refractivity contribution in [2.75, 3.05) is 33.5 Å². The minimum atomic E-state index is 0.333. The number of benzene rings is 1. The maximum atomic E-state index is 5.49. The fraction of sp³-hybridized carbons (Fsp3) is 0.647. The van der Waals surface area contributed by atoms with Crippen LogP contribution in [0.5, 0.6) is 11.5 Å². The third-order valence-corrected chi connectivity index (χ3v) is 5.01. The second-order valence-electron chi connectivity index (χ2n) is 6.46. The minimum Gasteiger partial charge on any atom is -0.454 e. The van der Waals surface area contributed by atoms with Crippen molar-refractivity contribution in [3.05, 3.63) is 23.8 Å². The number of nitrogens with zero attached hydrogens (tertiary/aromatic N) is 1. The molecule has 4 nitrogen and oxygen atoms in total. The van der Waals surface area contributed by atoms with Gasteiger partial charge in [-0.15, -0.1) is 0 Å². The lowest BCUT2D eigenvalue weighted by Gasteiger charge is -2.37. The molecule has 3 rings (SSSR count). The predicted octanol–water partition coefficient (Wildman–Crippen LogP) is 2.65. The summed E-state index contributed by atoms with van der Waals surface area (Å²) < 4.78 is 10.9. The maximum Gasteiger partial charge on any atom is 0.231 e. The lowest BCUT2D eigenvalue weighted by atomic mass is 9.88. The summed E-state index contributed by atoms with van der Waals surface area (Å²) in [6, 6.07) is 6.60. The molecule has 0 aromatic heterocycles. The molecule has 1 aromatic carbocycles. The molecule has 2 aliphatic heterocycles. The van der Waals surface area contributed by atoms with Gasteiger partial charge in [-0.3, -0.25) is 0 Å². The van der Waals surface area contributed by atoms with E-state index in [0.29, 0.717) is 12.8 Å². The molecule has 0 spiro atoms. The number of hydrogen-bond acceptors (Lipinski definition) is 4. The van der Waals surface area contributed by atoms with Gasteiger partial charge in [-0.05, 0) is 49.5 Å². The van der Waals surface area contributed by atoms with Crippen LogP contribution in [-0.2, 0) is 0 Å². The molecule has 1 aromatic rings. The third kappa shape index (κ3) is 3.16. The highest BCUT2D eigenvalue weighted by atomic mass is 16.7. The number of nitrogens with one attached hydrogen (secondary N) is 1. The van der Waals surface area contributed by atoms with Gasteiger partial charge in [-0.2, -0.15) is 0 Å². The Balaban J connectivity index is 1.68. The van der Waals surface area contributed by atoms with Gasteiger partial charge in [0.15, 0.2) is 11.5 Å². The average molecular weight is 290 g/mol. The monoisotopic (exact) mass is 290 g/mol. The number of fused-ring (bicyclic) bond motifs is 1. The molecule has 2 heterocycles. The first-order valence-electron chi connectivity index (χ1n) is 7.96. The molecular formula is C17H26N2O2. The van der Waals surface area contributed by atoms with Crippen molar-refractivity contribution in [3.8, 4) is 11.5 Å². The molecule has 0 amide bonds. The van der Waals surface area contributed by atoms with Crippen molar-refractivity contribution >= 4 is 0 Å².